The maximum Gasteiger partial charge on any atom is 0.118 e. The molecule has 2 aromatic carbocycles. The van der Waals surface area contributed by atoms with Crippen molar-refractivity contribution < 1.29 is 9.84 Å². The number of para-hydroxylation sites is 1. The Hall–Kier alpha value is -2.04. The molecule has 0 fully saturated rings. The van der Waals surface area contributed by atoms with E-state index >= 15 is 0 Å². The lowest BCUT2D eigenvalue weighted by atomic mass is 9.99. The molecule has 0 heterocycles. The Morgan fingerprint density at radius 1 is 1.09 bits per heavy atom. The summed E-state index contributed by atoms with van der Waals surface area (Å²) in [6.07, 6.45) is -0.524. The minimum atomic E-state index is -0.524. The van der Waals surface area contributed by atoms with Crippen molar-refractivity contribution in [1.82, 2.24) is 5.32 Å². The molecule has 2 unspecified atom stereocenters. The fourth-order valence-electron chi connectivity index (χ4n) is 2.65. The molecule has 0 saturated heterocycles. The zero-order valence-corrected chi connectivity index (χ0v) is 13.4. The van der Waals surface area contributed by atoms with Crippen LogP contribution in [0.25, 0.3) is 0 Å². The number of aliphatic hydroxyl groups excluding tert-OH is 1. The third kappa shape index (κ3) is 3.78. The Kier molecular flexibility index (Phi) is 5.81. The molecule has 0 bridgehead atoms. The number of hydrogen-bond acceptors (Lipinski definition) is 4. The highest BCUT2D eigenvalue weighted by Crippen LogP contribution is 2.29. The van der Waals surface area contributed by atoms with Crippen LogP contribution in [0.3, 0.4) is 0 Å². The van der Waals surface area contributed by atoms with E-state index in [1.807, 2.05) is 68.7 Å². The van der Waals surface area contributed by atoms with Gasteiger partial charge in [-0.25, -0.2) is 0 Å². The zero-order valence-electron chi connectivity index (χ0n) is 13.4. The molecule has 0 aliphatic rings. The van der Waals surface area contributed by atoms with Crippen molar-refractivity contribution in [3.63, 3.8) is 0 Å². The van der Waals surface area contributed by atoms with Crippen molar-refractivity contribution in [2.24, 2.45) is 0 Å². The molecule has 0 saturated carbocycles. The molecule has 4 nitrogen and oxygen atoms in total. The van der Waals surface area contributed by atoms with Gasteiger partial charge in [-0.1, -0.05) is 30.3 Å². The molecular weight excluding hydrogens is 276 g/mol. The minimum Gasteiger partial charge on any atom is -0.497 e. The van der Waals surface area contributed by atoms with E-state index in [9.17, 15) is 5.11 Å². The van der Waals surface area contributed by atoms with E-state index in [0.717, 1.165) is 17.0 Å². The second-order valence-electron chi connectivity index (χ2n) is 5.29. The third-order valence-corrected chi connectivity index (χ3v) is 3.82. The van der Waals surface area contributed by atoms with Crippen LogP contribution in [-0.2, 0) is 0 Å². The lowest BCUT2D eigenvalue weighted by Crippen LogP contribution is -2.39. The van der Waals surface area contributed by atoms with Crippen molar-refractivity contribution in [3.8, 4) is 5.75 Å². The van der Waals surface area contributed by atoms with E-state index in [-0.39, 0.29) is 6.04 Å². The fraction of sp³-hybridized carbons (Fsp3) is 0.333. The van der Waals surface area contributed by atoms with Gasteiger partial charge < -0.3 is 20.1 Å². The average Bonchev–Trinajstić information content (AvgIpc) is 2.56. The molecule has 2 aromatic rings. The second-order valence-corrected chi connectivity index (χ2v) is 5.29. The number of ether oxygens (including phenoxy) is 1. The number of nitrogens with one attached hydrogen (secondary N) is 1. The third-order valence-electron chi connectivity index (χ3n) is 3.82. The first-order valence-electron chi connectivity index (χ1n) is 7.42. The molecule has 4 heteroatoms. The molecule has 118 valence electrons. The van der Waals surface area contributed by atoms with Gasteiger partial charge in [-0.2, -0.15) is 0 Å². The van der Waals surface area contributed by atoms with Gasteiger partial charge in [0.05, 0.1) is 19.3 Å². The van der Waals surface area contributed by atoms with Crippen LogP contribution in [-0.4, -0.2) is 39.0 Å². The van der Waals surface area contributed by atoms with Gasteiger partial charge in [-0.15, -0.1) is 0 Å². The van der Waals surface area contributed by atoms with Crippen LogP contribution in [0.5, 0.6) is 5.75 Å². The lowest BCUT2D eigenvalue weighted by Gasteiger charge is -2.34. The second kappa shape index (κ2) is 7.82. The minimum absolute atomic E-state index is 0.138. The molecule has 22 heavy (non-hydrogen) atoms. The van der Waals surface area contributed by atoms with Crippen molar-refractivity contribution in [2.45, 2.75) is 12.1 Å². The average molecular weight is 300 g/mol. The number of rotatable bonds is 7. The molecule has 0 aromatic heterocycles. The highest BCUT2D eigenvalue weighted by molar-refractivity contribution is 5.48. The normalized spacial score (nSPS) is 13.5. The largest absolute Gasteiger partial charge is 0.497 e. The molecular formula is C18H24N2O2. The van der Waals surface area contributed by atoms with Gasteiger partial charge in [0.1, 0.15) is 5.75 Å². The Labute approximate surface area is 132 Å². The van der Waals surface area contributed by atoms with Crippen molar-refractivity contribution >= 4 is 5.69 Å². The van der Waals surface area contributed by atoms with Crippen LogP contribution in [0, 0.1) is 0 Å². The Morgan fingerprint density at radius 3 is 2.27 bits per heavy atom. The van der Waals surface area contributed by atoms with Crippen molar-refractivity contribution in [3.05, 3.63) is 60.2 Å². The van der Waals surface area contributed by atoms with Crippen molar-refractivity contribution in [2.75, 3.05) is 32.6 Å². The number of methoxy groups -OCH3 is 1. The summed E-state index contributed by atoms with van der Waals surface area (Å²) in [5, 5.41) is 13.6. The molecule has 2 rings (SSSR count). The number of nitrogens with zero attached hydrogens (tertiary/aromatic N) is 1. The topological polar surface area (TPSA) is 44.7 Å². The summed E-state index contributed by atoms with van der Waals surface area (Å²) in [4.78, 5) is 2.10. The van der Waals surface area contributed by atoms with E-state index in [1.165, 1.54) is 0 Å². The first-order chi connectivity index (χ1) is 10.7. The van der Waals surface area contributed by atoms with E-state index < -0.39 is 6.10 Å². The van der Waals surface area contributed by atoms with Crippen LogP contribution < -0.4 is 15.0 Å². The van der Waals surface area contributed by atoms with Crippen LogP contribution in [0.1, 0.15) is 11.6 Å². The predicted octanol–water partition coefficient (Wildman–Crippen LogP) is 2.45. The molecule has 0 aliphatic carbocycles. The summed E-state index contributed by atoms with van der Waals surface area (Å²) < 4.78 is 5.21. The van der Waals surface area contributed by atoms with Gasteiger partial charge in [0.2, 0.25) is 0 Å². The SMILES string of the molecule is CNCC(O)C(c1ccc(OC)cc1)N(C)c1ccccc1. The van der Waals surface area contributed by atoms with E-state index in [2.05, 4.69) is 10.2 Å². The standard InChI is InChI=1S/C18H24N2O2/c1-19-13-17(21)18(14-9-11-16(22-3)12-10-14)20(2)15-7-5-4-6-8-15/h4-12,17-19,21H,13H2,1-3H3. The Bertz CT molecular complexity index is 557. The van der Waals surface area contributed by atoms with Crippen molar-refractivity contribution in [1.29, 1.82) is 0 Å². The van der Waals surface area contributed by atoms with Crippen LogP contribution in [0.2, 0.25) is 0 Å². The molecule has 0 amide bonds. The molecule has 2 atom stereocenters. The fourth-order valence-corrected chi connectivity index (χ4v) is 2.65. The molecule has 2 N–H and O–H groups in total. The van der Waals surface area contributed by atoms with Gasteiger partial charge in [0, 0.05) is 19.3 Å². The Balaban J connectivity index is 2.33. The number of likely N-dealkylation sites (N-methyl/N-ethyl adjacent to an activating group) is 2. The van der Waals surface area contributed by atoms with Gasteiger partial charge in [-0.3, -0.25) is 0 Å². The quantitative estimate of drug-likeness (QED) is 0.824. The number of benzene rings is 2. The summed E-state index contributed by atoms with van der Waals surface area (Å²) >= 11 is 0. The van der Waals surface area contributed by atoms with E-state index in [0.29, 0.717) is 6.54 Å². The summed E-state index contributed by atoms with van der Waals surface area (Å²) in [5.41, 5.74) is 2.12. The van der Waals surface area contributed by atoms with Gasteiger partial charge in [0.25, 0.3) is 0 Å². The van der Waals surface area contributed by atoms with E-state index in [1.54, 1.807) is 7.11 Å². The highest BCUT2D eigenvalue weighted by atomic mass is 16.5. The van der Waals surface area contributed by atoms with Crippen LogP contribution >= 0.6 is 0 Å². The maximum atomic E-state index is 10.6. The molecule has 0 aliphatic heterocycles. The zero-order chi connectivity index (χ0) is 15.9. The molecule has 0 radical (unpaired) electrons. The number of aliphatic hydroxyl groups is 1. The number of hydrogen-bond donors (Lipinski definition) is 2. The predicted molar refractivity (Wildman–Crippen MR) is 90.5 cm³/mol. The smallest absolute Gasteiger partial charge is 0.118 e. The summed E-state index contributed by atoms with van der Waals surface area (Å²) in [7, 11) is 5.50. The highest BCUT2D eigenvalue weighted by Gasteiger charge is 2.25. The van der Waals surface area contributed by atoms with Gasteiger partial charge in [0.15, 0.2) is 0 Å². The summed E-state index contributed by atoms with van der Waals surface area (Å²) in [6.45, 7) is 0.522. The number of anilines is 1. The van der Waals surface area contributed by atoms with Gasteiger partial charge in [-0.05, 0) is 36.9 Å². The lowest BCUT2D eigenvalue weighted by molar-refractivity contribution is 0.142. The summed E-state index contributed by atoms with van der Waals surface area (Å²) in [5.74, 6) is 0.813. The van der Waals surface area contributed by atoms with E-state index in [4.69, 9.17) is 4.74 Å². The Morgan fingerprint density at radius 2 is 1.73 bits per heavy atom. The van der Waals surface area contributed by atoms with Crippen LogP contribution in [0.15, 0.2) is 54.6 Å². The maximum absolute atomic E-state index is 10.6. The van der Waals surface area contributed by atoms with Gasteiger partial charge >= 0.3 is 0 Å². The monoisotopic (exact) mass is 300 g/mol. The molecule has 0 spiro atoms. The summed E-state index contributed by atoms with van der Waals surface area (Å²) in [6, 6.07) is 17.8. The first kappa shape index (κ1) is 16.3. The van der Waals surface area contributed by atoms with Crippen LogP contribution in [0.4, 0.5) is 5.69 Å². The first-order valence-corrected chi connectivity index (χ1v) is 7.42.